The number of nitrogens with zero attached hydrogens (tertiary/aromatic N) is 4. The number of nitrogens with one attached hydrogen (secondary N) is 1. The molecular weight excluding hydrogens is 646 g/mol. The van der Waals surface area contributed by atoms with E-state index in [1.165, 1.54) is 0 Å². The Kier molecular flexibility index (Phi) is 9.60. The topological polar surface area (TPSA) is 128 Å². The number of anilines is 2. The first-order valence-electron chi connectivity index (χ1n) is 16.4. The number of rotatable bonds is 12. The molecule has 2 N–H and O–H groups in total. The van der Waals surface area contributed by atoms with Crippen LogP contribution in [-0.4, -0.2) is 67.3 Å². The summed E-state index contributed by atoms with van der Waals surface area (Å²) in [6.07, 6.45) is 2.08. The molecule has 0 aliphatic carbocycles. The Balaban J connectivity index is 1.25. The number of aliphatic hydroxyl groups is 1. The van der Waals surface area contributed by atoms with Crippen LogP contribution in [0.3, 0.4) is 0 Å². The first kappa shape index (κ1) is 34.3. The molecule has 2 aliphatic rings. The van der Waals surface area contributed by atoms with Crippen molar-refractivity contribution in [3.8, 4) is 11.5 Å². The van der Waals surface area contributed by atoms with Gasteiger partial charge in [-0.05, 0) is 79.7 Å². The Labute approximate surface area is 286 Å². The van der Waals surface area contributed by atoms with E-state index in [0.717, 1.165) is 5.56 Å². The minimum absolute atomic E-state index is 0.0268. The monoisotopic (exact) mass is 687 g/mol. The molecule has 1 spiro atoms. The van der Waals surface area contributed by atoms with Gasteiger partial charge in [-0.25, -0.2) is 0 Å². The summed E-state index contributed by atoms with van der Waals surface area (Å²) in [5.41, 5.74) is 2.13. The van der Waals surface area contributed by atoms with Gasteiger partial charge in [0.05, 0.1) is 38.2 Å². The van der Waals surface area contributed by atoms with Crippen molar-refractivity contribution in [3.05, 3.63) is 95.3 Å². The molecule has 2 amide bonds. The van der Waals surface area contributed by atoms with Gasteiger partial charge >= 0.3 is 0 Å². The van der Waals surface area contributed by atoms with Gasteiger partial charge in [0.15, 0.2) is 5.60 Å². The highest BCUT2D eigenvalue weighted by atomic mass is 28.4. The lowest BCUT2D eigenvalue weighted by Gasteiger charge is -2.31. The Morgan fingerprint density at radius 3 is 2.41 bits per heavy atom. The Morgan fingerprint density at radius 2 is 1.76 bits per heavy atom. The summed E-state index contributed by atoms with van der Waals surface area (Å²) in [7, 11) is -0.210. The van der Waals surface area contributed by atoms with Crippen LogP contribution in [0.25, 0.3) is 0 Å². The van der Waals surface area contributed by atoms with Crippen LogP contribution >= 0.6 is 0 Å². The lowest BCUT2D eigenvalue weighted by atomic mass is 9.82. The van der Waals surface area contributed by atoms with E-state index in [-0.39, 0.29) is 25.0 Å². The minimum Gasteiger partial charge on any atom is -0.497 e. The van der Waals surface area contributed by atoms with E-state index in [4.69, 9.17) is 14.2 Å². The summed E-state index contributed by atoms with van der Waals surface area (Å²) >= 11 is 0. The summed E-state index contributed by atoms with van der Waals surface area (Å²) in [6.45, 7) is 5.94. The first-order valence-corrected chi connectivity index (χ1v) is 19.4. The fourth-order valence-electron chi connectivity index (χ4n) is 7.34. The molecule has 4 atom stereocenters. The molecule has 11 nitrogen and oxygen atoms in total. The van der Waals surface area contributed by atoms with Crippen LogP contribution in [0.1, 0.15) is 40.5 Å². The number of amides is 2. The maximum atomic E-state index is 16.2. The van der Waals surface area contributed by atoms with Crippen molar-refractivity contribution in [2.45, 2.75) is 63.2 Å². The number of aromatic nitrogens is 3. The molecule has 13 heteroatoms. The predicted octanol–water partition coefficient (Wildman–Crippen LogP) is 5.49. The maximum absolute atomic E-state index is 16.2. The number of benzene rings is 3. The average molecular weight is 688 g/mol. The molecule has 49 heavy (non-hydrogen) atoms. The zero-order chi connectivity index (χ0) is 34.9. The highest BCUT2D eigenvalue weighted by molar-refractivity contribution is 6.72. The SMILES string of the molecule is COc1ccc(C(=O)Nc2ccc(CN3C(=O)[C@]4(O[C@H](CCn5cc(CCO)nn5)[C@@H]([Si](C)(C)F)[C@@H]4C)c4cc(OC)ccc43)cc2)cc1. The minimum atomic E-state index is -3.35. The molecule has 0 radical (unpaired) electrons. The van der Waals surface area contributed by atoms with Crippen LogP contribution in [0.5, 0.6) is 11.5 Å². The lowest BCUT2D eigenvalue weighted by molar-refractivity contribution is -0.146. The largest absolute Gasteiger partial charge is 0.497 e. The molecule has 0 unspecified atom stereocenters. The van der Waals surface area contributed by atoms with Crippen molar-refractivity contribution in [2.75, 3.05) is 31.0 Å². The number of methoxy groups -OCH3 is 2. The molecule has 4 aromatic rings. The molecule has 1 fully saturated rings. The molecule has 258 valence electrons. The van der Waals surface area contributed by atoms with Gasteiger partial charge in [0.25, 0.3) is 11.8 Å². The molecule has 6 rings (SSSR count). The molecule has 1 aromatic heterocycles. The van der Waals surface area contributed by atoms with Gasteiger partial charge < -0.3 is 33.6 Å². The van der Waals surface area contributed by atoms with Gasteiger partial charge in [-0.2, -0.15) is 0 Å². The van der Waals surface area contributed by atoms with Gasteiger partial charge in [-0.1, -0.05) is 24.3 Å². The first-order chi connectivity index (χ1) is 23.5. The van der Waals surface area contributed by atoms with Crippen LogP contribution in [-0.2, 0) is 34.6 Å². The summed E-state index contributed by atoms with van der Waals surface area (Å²) in [5.74, 6) is 0.301. The summed E-state index contributed by atoms with van der Waals surface area (Å²) in [6, 6.07) is 19.7. The van der Waals surface area contributed by atoms with Crippen molar-refractivity contribution in [2.24, 2.45) is 5.92 Å². The number of ether oxygens (including phenoxy) is 3. The highest BCUT2D eigenvalue weighted by Crippen LogP contribution is 2.60. The van der Waals surface area contributed by atoms with Gasteiger partial charge in [0.1, 0.15) is 11.5 Å². The van der Waals surface area contributed by atoms with Crippen LogP contribution < -0.4 is 19.7 Å². The van der Waals surface area contributed by atoms with Crippen LogP contribution in [0, 0.1) is 5.92 Å². The zero-order valence-corrected chi connectivity index (χ0v) is 29.4. The third kappa shape index (κ3) is 6.57. The van der Waals surface area contributed by atoms with E-state index in [1.54, 1.807) is 79.5 Å². The van der Waals surface area contributed by atoms with Gasteiger partial charge in [-0.3, -0.25) is 14.3 Å². The molecule has 2 aliphatic heterocycles. The summed E-state index contributed by atoms with van der Waals surface area (Å²) in [5, 5.41) is 20.4. The smallest absolute Gasteiger partial charge is 0.264 e. The quantitative estimate of drug-likeness (QED) is 0.148. The number of carbonyl (C=O) groups is 2. The number of fused-ring (bicyclic) bond motifs is 2. The number of halogens is 1. The van der Waals surface area contributed by atoms with E-state index in [2.05, 4.69) is 15.6 Å². The van der Waals surface area contributed by atoms with Crippen LogP contribution in [0.4, 0.5) is 15.5 Å². The maximum Gasteiger partial charge on any atom is 0.264 e. The van der Waals surface area contributed by atoms with Gasteiger partial charge in [0.2, 0.25) is 8.41 Å². The number of hydrogen-bond donors (Lipinski definition) is 2. The van der Waals surface area contributed by atoms with Crippen molar-refractivity contribution in [1.29, 1.82) is 0 Å². The van der Waals surface area contributed by atoms with E-state index >= 15 is 4.11 Å². The molecule has 3 heterocycles. The van der Waals surface area contributed by atoms with Crippen molar-refractivity contribution < 1.29 is 33.0 Å². The van der Waals surface area contributed by atoms with Crippen LogP contribution in [0.15, 0.2) is 72.9 Å². The molecular formula is C36H42FN5O6Si. The molecule has 1 saturated heterocycles. The normalized spacial score (nSPS) is 21.7. The molecule has 0 bridgehead atoms. The Hall–Kier alpha value is -4.59. The van der Waals surface area contributed by atoms with Crippen molar-refractivity contribution in [3.63, 3.8) is 0 Å². The summed E-state index contributed by atoms with van der Waals surface area (Å²) < 4.78 is 35.5. The fraction of sp³-hybridized carbons (Fsp3) is 0.389. The van der Waals surface area contributed by atoms with E-state index in [1.807, 2.05) is 37.3 Å². The standard InChI is InChI=1S/C36H42FN5O6Si/c1-23-33(49(4,5)37)32(16-18-41-22-27(17-19-43)39-40-41)48-36(23)30-20-29(47-3)14-15-31(30)42(35(36)45)21-24-6-10-26(11-7-24)38-34(44)25-8-12-28(46-2)13-9-25/h6-15,20,22-23,32-33,43H,16-19,21H2,1-5H3,(H,38,44)/t23-,32+,33-,36+/m0/s1. The highest BCUT2D eigenvalue weighted by Gasteiger charge is 2.66. The molecule has 0 saturated carbocycles. The summed E-state index contributed by atoms with van der Waals surface area (Å²) in [4.78, 5) is 29.2. The van der Waals surface area contributed by atoms with E-state index < -0.39 is 31.6 Å². The van der Waals surface area contributed by atoms with E-state index in [0.29, 0.717) is 59.1 Å². The number of aryl methyl sites for hydroxylation is 1. The average Bonchev–Trinajstić information content (AvgIpc) is 3.74. The van der Waals surface area contributed by atoms with Crippen LogP contribution in [0.2, 0.25) is 18.6 Å². The Bertz CT molecular complexity index is 1810. The second-order valence-corrected chi connectivity index (χ2v) is 17.0. The lowest BCUT2D eigenvalue weighted by Crippen LogP contribution is -2.45. The van der Waals surface area contributed by atoms with Crippen molar-refractivity contribution in [1.82, 2.24) is 15.0 Å². The van der Waals surface area contributed by atoms with Gasteiger partial charge in [-0.15, -0.1) is 5.10 Å². The van der Waals surface area contributed by atoms with Gasteiger partial charge in [0, 0.05) is 54.0 Å². The second kappa shape index (κ2) is 13.7. The fourth-order valence-corrected chi connectivity index (χ4v) is 9.88. The van der Waals surface area contributed by atoms with E-state index in [9.17, 15) is 14.7 Å². The molecule has 3 aromatic carbocycles. The predicted molar refractivity (Wildman–Crippen MR) is 185 cm³/mol. The second-order valence-electron chi connectivity index (χ2n) is 13.2. The van der Waals surface area contributed by atoms with Crippen molar-refractivity contribution >= 4 is 31.6 Å². The third-order valence-corrected chi connectivity index (χ3v) is 12.1. The number of hydrogen-bond acceptors (Lipinski definition) is 8. The third-order valence-electron chi connectivity index (χ3n) is 9.67. The number of aliphatic hydroxyl groups excluding tert-OH is 1. The number of carbonyl (C=O) groups excluding carboxylic acids is 2. The Morgan fingerprint density at radius 1 is 1.06 bits per heavy atom. The zero-order valence-electron chi connectivity index (χ0n) is 28.4.